The van der Waals surface area contributed by atoms with Crippen molar-refractivity contribution in [1.29, 1.82) is 0 Å². The Labute approximate surface area is 82.8 Å². The summed E-state index contributed by atoms with van der Waals surface area (Å²) in [5.41, 5.74) is -0.0203. The molecule has 1 rings (SSSR count). The Hall–Kier alpha value is -0.850. The van der Waals surface area contributed by atoms with Gasteiger partial charge in [-0.05, 0) is 34.7 Å². The first-order valence-electron chi connectivity index (χ1n) is 3.06. The lowest BCUT2D eigenvalue weighted by molar-refractivity contribution is -0.134. The molecule has 0 saturated heterocycles. The van der Waals surface area contributed by atoms with Gasteiger partial charge in [0.15, 0.2) is 0 Å². The SMILES string of the molecule is CC(=O)O.O=c1[nH]cccc1I. The van der Waals surface area contributed by atoms with Crippen LogP contribution in [0.25, 0.3) is 0 Å². The Morgan fingerprint density at radius 2 is 2.17 bits per heavy atom. The number of aromatic nitrogens is 1. The molecule has 4 nitrogen and oxygen atoms in total. The molecule has 2 N–H and O–H groups in total. The lowest BCUT2D eigenvalue weighted by Crippen LogP contribution is -2.06. The summed E-state index contributed by atoms with van der Waals surface area (Å²) in [7, 11) is 0. The smallest absolute Gasteiger partial charge is 0.300 e. The molecular formula is C7H8INO3. The molecule has 66 valence electrons. The second kappa shape index (κ2) is 5.76. The van der Waals surface area contributed by atoms with Crippen LogP contribution in [0.5, 0.6) is 0 Å². The second-order valence-electron chi connectivity index (χ2n) is 1.87. The summed E-state index contributed by atoms with van der Waals surface area (Å²) in [6, 6.07) is 3.56. The van der Waals surface area contributed by atoms with Gasteiger partial charge in [-0.3, -0.25) is 9.59 Å². The van der Waals surface area contributed by atoms with Gasteiger partial charge in [-0.1, -0.05) is 0 Å². The van der Waals surface area contributed by atoms with Gasteiger partial charge in [-0.2, -0.15) is 0 Å². The number of hydrogen-bond donors (Lipinski definition) is 2. The topological polar surface area (TPSA) is 70.2 Å². The normalized spacial score (nSPS) is 8.17. The van der Waals surface area contributed by atoms with Gasteiger partial charge in [-0.25, -0.2) is 0 Å². The molecule has 0 atom stereocenters. The van der Waals surface area contributed by atoms with Crippen LogP contribution < -0.4 is 5.56 Å². The van der Waals surface area contributed by atoms with E-state index in [1.165, 1.54) is 0 Å². The van der Waals surface area contributed by atoms with Crippen molar-refractivity contribution in [1.82, 2.24) is 4.98 Å². The zero-order chi connectivity index (χ0) is 9.56. The predicted molar refractivity (Wildman–Crippen MR) is 53.1 cm³/mol. The van der Waals surface area contributed by atoms with Crippen LogP contribution in [0, 0.1) is 3.57 Å². The minimum atomic E-state index is -0.833. The first-order chi connectivity index (χ1) is 5.54. The van der Waals surface area contributed by atoms with Gasteiger partial charge in [0.1, 0.15) is 0 Å². The Balaban J connectivity index is 0.000000261. The molecule has 1 aromatic rings. The molecule has 5 heteroatoms. The monoisotopic (exact) mass is 281 g/mol. The summed E-state index contributed by atoms with van der Waals surface area (Å²) < 4.78 is 0.727. The minimum absolute atomic E-state index is 0.0203. The van der Waals surface area contributed by atoms with E-state index in [-0.39, 0.29) is 5.56 Å². The lowest BCUT2D eigenvalue weighted by atomic mass is 10.5. The summed E-state index contributed by atoms with van der Waals surface area (Å²) in [6.45, 7) is 1.08. The van der Waals surface area contributed by atoms with Gasteiger partial charge in [-0.15, -0.1) is 0 Å². The first-order valence-corrected chi connectivity index (χ1v) is 4.14. The number of aromatic amines is 1. The molecule has 0 aliphatic carbocycles. The number of hydrogen-bond acceptors (Lipinski definition) is 2. The molecule has 1 aromatic heterocycles. The van der Waals surface area contributed by atoms with Crippen molar-refractivity contribution < 1.29 is 9.90 Å². The first kappa shape index (κ1) is 11.2. The maximum atomic E-state index is 10.6. The number of nitrogens with one attached hydrogen (secondary N) is 1. The van der Waals surface area contributed by atoms with E-state index in [4.69, 9.17) is 9.90 Å². The third kappa shape index (κ3) is 5.90. The largest absolute Gasteiger partial charge is 0.481 e. The summed E-state index contributed by atoms with van der Waals surface area (Å²) in [6.07, 6.45) is 1.62. The van der Waals surface area contributed by atoms with Gasteiger partial charge in [0.25, 0.3) is 11.5 Å². The van der Waals surface area contributed by atoms with Crippen molar-refractivity contribution in [3.8, 4) is 0 Å². The van der Waals surface area contributed by atoms with Crippen LogP contribution in [-0.4, -0.2) is 16.1 Å². The van der Waals surface area contributed by atoms with Gasteiger partial charge >= 0.3 is 0 Å². The zero-order valence-corrected chi connectivity index (χ0v) is 8.53. The second-order valence-corrected chi connectivity index (χ2v) is 3.03. The quantitative estimate of drug-likeness (QED) is 0.699. The van der Waals surface area contributed by atoms with E-state index in [0.29, 0.717) is 0 Å². The lowest BCUT2D eigenvalue weighted by Gasteiger charge is -1.81. The van der Waals surface area contributed by atoms with Crippen LogP contribution in [-0.2, 0) is 4.79 Å². The summed E-state index contributed by atoms with van der Waals surface area (Å²) in [4.78, 5) is 22.1. The molecule has 0 spiro atoms. The van der Waals surface area contributed by atoms with Crippen molar-refractivity contribution in [2.45, 2.75) is 6.92 Å². The van der Waals surface area contributed by atoms with Crippen molar-refractivity contribution in [3.63, 3.8) is 0 Å². The number of pyridine rings is 1. The molecule has 0 radical (unpaired) electrons. The number of halogens is 1. The van der Waals surface area contributed by atoms with Gasteiger partial charge in [0, 0.05) is 13.1 Å². The highest BCUT2D eigenvalue weighted by atomic mass is 127. The van der Waals surface area contributed by atoms with Crippen molar-refractivity contribution in [3.05, 3.63) is 32.3 Å². The number of rotatable bonds is 0. The maximum absolute atomic E-state index is 10.6. The molecule has 1 heterocycles. The number of carboxylic acids is 1. The molecule has 0 unspecified atom stereocenters. The van der Waals surface area contributed by atoms with Crippen molar-refractivity contribution >= 4 is 28.6 Å². The van der Waals surface area contributed by atoms with E-state index in [9.17, 15) is 4.79 Å². The van der Waals surface area contributed by atoms with Crippen molar-refractivity contribution in [2.24, 2.45) is 0 Å². The van der Waals surface area contributed by atoms with Crippen LogP contribution in [0.2, 0.25) is 0 Å². The highest BCUT2D eigenvalue weighted by Gasteiger charge is 1.86. The fraction of sp³-hybridized carbons (Fsp3) is 0.143. The summed E-state index contributed by atoms with van der Waals surface area (Å²) in [5.74, 6) is -0.833. The molecule has 0 saturated carbocycles. The van der Waals surface area contributed by atoms with Crippen LogP contribution in [0.4, 0.5) is 0 Å². The minimum Gasteiger partial charge on any atom is -0.481 e. The fourth-order valence-electron chi connectivity index (χ4n) is 0.401. The number of aliphatic carboxylic acids is 1. The predicted octanol–water partition coefficient (Wildman–Crippen LogP) is 1.07. The molecule has 12 heavy (non-hydrogen) atoms. The van der Waals surface area contributed by atoms with Crippen LogP contribution in [0.15, 0.2) is 23.1 Å². The Morgan fingerprint density at radius 1 is 1.67 bits per heavy atom. The van der Waals surface area contributed by atoms with Crippen molar-refractivity contribution in [2.75, 3.05) is 0 Å². The number of carboxylic acid groups (broad SMARTS) is 1. The number of carbonyl (C=O) groups is 1. The van der Waals surface area contributed by atoms with Gasteiger partial charge in [0.05, 0.1) is 3.57 Å². The molecule has 0 aliphatic heterocycles. The van der Waals surface area contributed by atoms with Gasteiger partial charge < -0.3 is 10.1 Å². The highest BCUT2D eigenvalue weighted by molar-refractivity contribution is 14.1. The van der Waals surface area contributed by atoms with E-state index in [0.717, 1.165) is 10.5 Å². The Bertz CT molecular complexity index is 304. The van der Waals surface area contributed by atoms with Crippen LogP contribution in [0.3, 0.4) is 0 Å². The molecule has 0 amide bonds. The molecule has 0 aromatic carbocycles. The average molecular weight is 281 g/mol. The third-order valence-corrected chi connectivity index (χ3v) is 1.62. The summed E-state index contributed by atoms with van der Waals surface area (Å²) >= 11 is 1.98. The molecule has 0 bridgehead atoms. The van der Waals surface area contributed by atoms with Gasteiger partial charge in [0.2, 0.25) is 0 Å². The summed E-state index contributed by atoms with van der Waals surface area (Å²) in [5, 5.41) is 7.42. The van der Waals surface area contributed by atoms with Crippen LogP contribution in [0.1, 0.15) is 6.92 Å². The van der Waals surface area contributed by atoms with E-state index < -0.39 is 5.97 Å². The maximum Gasteiger partial charge on any atom is 0.300 e. The van der Waals surface area contributed by atoms with E-state index in [2.05, 4.69) is 4.98 Å². The zero-order valence-electron chi connectivity index (χ0n) is 6.37. The molecular weight excluding hydrogens is 273 g/mol. The standard InChI is InChI=1S/C5H4INO.C2H4O2/c6-4-2-1-3-7-5(4)8;1-2(3)4/h1-3H,(H,7,8);1H3,(H,3,4). The van der Waals surface area contributed by atoms with Crippen LogP contribution >= 0.6 is 22.6 Å². The third-order valence-electron chi connectivity index (χ3n) is 0.770. The number of H-pyrrole nitrogens is 1. The molecule has 0 aliphatic rings. The fourth-order valence-corrected chi connectivity index (χ4v) is 0.764. The van der Waals surface area contributed by atoms with E-state index in [1.54, 1.807) is 18.3 Å². The Morgan fingerprint density at radius 3 is 2.42 bits per heavy atom. The Kier molecular flexibility index (Phi) is 5.35. The average Bonchev–Trinajstić information content (AvgIpc) is 1.94. The van der Waals surface area contributed by atoms with E-state index in [1.807, 2.05) is 22.6 Å². The molecule has 0 fully saturated rings. The van der Waals surface area contributed by atoms with E-state index >= 15 is 0 Å². The highest BCUT2D eigenvalue weighted by Crippen LogP contribution is 1.91.